The lowest BCUT2D eigenvalue weighted by Gasteiger charge is -2.60. The number of likely N-dealkylation sites (N-methyl/N-ethyl adjacent to an activating group) is 1. The predicted octanol–water partition coefficient (Wildman–Crippen LogP) is 1.70. The lowest BCUT2D eigenvalue weighted by Crippen LogP contribution is -2.70. The molecule has 1 N–H and O–H groups in total. The van der Waals surface area contributed by atoms with Crippen molar-refractivity contribution in [1.29, 1.82) is 0 Å². The standard InChI is InChI=1S/C13H23N3O.HI/c1-13(2)10(9-5-4-8-17-11(9)13)15-12-14-6-7-16(12)3;/h9-11H,4-8H2,1-3H3,(H,14,15);1H. The molecule has 3 atom stereocenters. The van der Waals surface area contributed by atoms with Gasteiger partial charge in [0.15, 0.2) is 5.96 Å². The number of nitrogens with one attached hydrogen (secondary N) is 1. The summed E-state index contributed by atoms with van der Waals surface area (Å²) in [5, 5.41) is 3.65. The van der Waals surface area contributed by atoms with Gasteiger partial charge in [0.25, 0.3) is 0 Å². The lowest BCUT2D eigenvalue weighted by atomic mass is 9.55. The lowest BCUT2D eigenvalue weighted by molar-refractivity contribution is -0.188. The zero-order valence-electron chi connectivity index (χ0n) is 11.5. The number of nitrogens with zero attached hydrogens (tertiary/aromatic N) is 2. The van der Waals surface area contributed by atoms with E-state index in [0.717, 1.165) is 25.7 Å². The van der Waals surface area contributed by atoms with Crippen molar-refractivity contribution >= 4 is 29.9 Å². The maximum atomic E-state index is 5.92. The fraction of sp³-hybridized carbons (Fsp3) is 0.923. The molecule has 1 saturated heterocycles. The van der Waals surface area contributed by atoms with Crippen LogP contribution in [-0.4, -0.2) is 49.7 Å². The molecule has 5 heteroatoms. The molecule has 2 heterocycles. The van der Waals surface area contributed by atoms with Gasteiger partial charge < -0.3 is 15.0 Å². The van der Waals surface area contributed by atoms with E-state index in [1.807, 2.05) is 0 Å². The largest absolute Gasteiger partial charge is 0.377 e. The molecule has 0 spiro atoms. The molecule has 1 saturated carbocycles. The molecule has 3 unspecified atom stereocenters. The van der Waals surface area contributed by atoms with Crippen molar-refractivity contribution < 1.29 is 4.74 Å². The van der Waals surface area contributed by atoms with Gasteiger partial charge in [-0.3, -0.25) is 4.99 Å². The van der Waals surface area contributed by atoms with E-state index in [2.05, 4.69) is 36.1 Å². The molecule has 18 heavy (non-hydrogen) atoms. The van der Waals surface area contributed by atoms with Crippen LogP contribution >= 0.6 is 24.0 Å². The van der Waals surface area contributed by atoms with E-state index in [-0.39, 0.29) is 29.4 Å². The van der Waals surface area contributed by atoms with Crippen LogP contribution in [0.2, 0.25) is 0 Å². The van der Waals surface area contributed by atoms with Crippen LogP contribution in [0.4, 0.5) is 0 Å². The average Bonchev–Trinajstić information content (AvgIpc) is 2.72. The Morgan fingerprint density at radius 2 is 2.22 bits per heavy atom. The second-order valence-corrected chi connectivity index (χ2v) is 6.17. The van der Waals surface area contributed by atoms with E-state index in [4.69, 9.17) is 4.74 Å². The second-order valence-electron chi connectivity index (χ2n) is 6.17. The highest BCUT2D eigenvalue weighted by atomic mass is 127. The van der Waals surface area contributed by atoms with E-state index in [9.17, 15) is 0 Å². The number of hydrogen-bond acceptors (Lipinski definition) is 4. The normalized spacial score (nSPS) is 37.2. The highest BCUT2D eigenvalue weighted by Crippen LogP contribution is 2.51. The SMILES string of the molecule is CN1CCN=C1NC1C2CCCOC2C1(C)C.I. The quantitative estimate of drug-likeness (QED) is 0.719. The van der Waals surface area contributed by atoms with E-state index in [0.29, 0.717) is 18.1 Å². The molecule has 1 aliphatic carbocycles. The second kappa shape index (κ2) is 5.15. The Morgan fingerprint density at radius 3 is 2.89 bits per heavy atom. The summed E-state index contributed by atoms with van der Waals surface area (Å²) in [7, 11) is 2.11. The monoisotopic (exact) mass is 365 g/mol. The highest BCUT2D eigenvalue weighted by molar-refractivity contribution is 14.0. The number of ether oxygens (including phenoxy) is 1. The van der Waals surface area contributed by atoms with Crippen molar-refractivity contribution in [2.45, 2.75) is 38.8 Å². The molecule has 0 aromatic heterocycles. The Hall–Kier alpha value is -0.0400. The molecule has 2 fully saturated rings. The Morgan fingerprint density at radius 1 is 1.44 bits per heavy atom. The summed E-state index contributed by atoms with van der Waals surface area (Å²) < 4.78 is 5.92. The number of halogens is 1. The predicted molar refractivity (Wildman–Crippen MR) is 83.5 cm³/mol. The molecule has 0 amide bonds. The van der Waals surface area contributed by atoms with E-state index < -0.39 is 0 Å². The van der Waals surface area contributed by atoms with Crippen LogP contribution in [0.15, 0.2) is 4.99 Å². The van der Waals surface area contributed by atoms with Crippen LogP contribution in [0.25, 0.3) is 0 Å². The fourth-order valence-corrected chi connectivity index (χ4v) is 3.64. The van der Waals surface area contributed by atoms with Crippen LogP contribution in [-0.2, 0) is 4.74 Å². The molecule has 0 bridgehead atoms. The summed E-state index contributed by atoms with van der Waals surface area (Å²) in [5.41, 5.74) is 0.233. The van der Waals surface area contributed by atoms with Gasteiger partial charge in [-0.25, -0.2) is 0 Å². The maximum Gasteiger partial charge on any atom is 0.194 e. The van der Waals surface area contributed by atoms with Gasteiger partial charge in [-0.1, -0.05) is 13.8 Å². The minimum atomic E-state index is 0. The van der Waals surface area contributed by atoms with Crippen LogP contribution in [0.3, 0.4) is 0 Å². The molecule has 4 nitrogen and oxygen atoms in total. The van der Waals surface area contributed by atoms with Crippen molar-refractivity contribution in [2.75, 3.05) is 26.7 Å². The van der Waals surface area contributed by atoms with Crippen LogP contribution in [0.1, 0.15) is 26.7 Å². The van der Waals surface area contributed by atoms with Gasteiger partial charge in [0, 0.05) is 37.6 Å². The van der Waals surface area contributed by atoms with Crippen LogP contribution < -0.4 is 5.32 Å². The third-order valence-corrected chi connectivity index (χ3v) is 4.67. The maximum absolute atomic E-state index is 5.92. The molecule has 3 rings (SSSR count). The van der Waals surface area contributed by atoms with Gasteiger partial charge in [-0.05, 0) is 12.8 Å². The van der Waals surface area contributed by atoms with Gasteiger partial charge in [0.1, 0.15) is 0 Å². The van der Waals surface area contributed by atoms with Gasteiger partial charge in [0.05, 0.1) is 12.6 Å². The smallest absolute Gasteiger partial charge is 0.194 e. The zero-order chi connectivity index (χ0) is 12.0. The summed E-state index contributed by atoms with van der Waals surface area (Å²) in [6.07, 6.45) is 2.95. The summed E-state index contributed by atoms with van der Waals surface area (Å²) in [6.45, 7) is 7.54. The average molecular weight is 365 g/mol. The number of hydrogen-bond donors (Lipinski definition) is 1. The van der Waals surface area contributed by atoms with Crippen molar-refractivity contribution in [3.05, 3.63) is 0 Å². The molecular weight excluding hydrogens is 341 g/mol. The number of fused-ring (bicyclic) bond motifs is 1. The zero-order valence-corrected chi connectivity index (χ0v) is 13.8. The molecule has 104 valence electrons. The number of aliphatic imine (C=N–C) groups is 1. The highest BCUT2D eigenvalue weighted by Gasteiger charge is 2.58. The summed E-state index contributed by atoms with van der Waals surface area (Å²) in [5.74, 6) is 1.75. The third kappa shape index (κ3) is 2.13. The Kier molecular flexibility index (Phi) is 4.11. The Labute approximate surface area is 127 Å². The van der Waals surface area contributed by atoms with E-state index in [1.165, 1.54) is 12.8 Å². The van der Waals surface area contributed by atoms with Crippen LogP contribution in [0, 0.1) is 11.3 Å². The van der Waals surface area contributed by atoms with Gasteiger partial charge in [-0.2, -0.15) is 0 Å². The molecular formula is C13H24IN3O. The topological polar surface area (TPSA) is 36.9 Å². The van der Waals surface area contributed by atoms with Crippen molar-refractivity contribution in [2.24, 2.45) is 16.3 Å². The van der Waals surface area contributed by atoms with Crippen molar-refractivity contribution in [1.82, 2.24) is 10.2 Å². The summed E-state index contributed by atoms with van der Waals surface area (Å²) >= 11 is 0. The van der Waals surface area contributed by atoms with Gasteiger partial charge in [0.2, 0.25) is 0 Å². The first-order valence-electron chi connectivity index (χ1n) is 6.74. The Bertz CT molecular complexity index is 345. The minimum absolute atomic E-state index is 0. The number of guanidine groups is 1. The molecule has 0 radical (unpaired) electrons. The fourth-order valence-electron chi connectivity index (χ4n) is 3.64. The minimum Gasteiger partial charge on any atom is -0.377 e. The first kappa shape index (κ1) is 14.4. The molecule has 2 aliphatic heterocycles. The molecule has 3 aliphatic rings. The summed E-state index contributed by atoms with van der Waals surface area (Å²) in [4.78, 5) is 6.75. The first-order chi connectivity index (χ1) is 8.10. The first-order valence-corrected chi connectivity index (χ1v) is 6.74. The molecule has 0 aromatic carbocycles. The Balaban J connectivity index is 0.00000120. The van der Waals surface area contributed by atoms with Crippen LogP contribution in [0.5, 0.6) is 0 Å². The summed E-state index contributed by atoms with van der Waals surface area (Å²) in [6, 6.07) is 0.520. The number of rotatable bonds is 1. The molecule has 0 aromatic rings. The van der Waals surface area contributed by atoms with Gasteiger partial charge in [-0.15, -0.1) is 24.0 Å². The third-order valence-electron chi connectivity index (χ3n) is 4.67. The van der Waals surface area contributed by atoms with E-state index in [1.54, 1.807) is 0 Å². The van der Waals surface area contributed by atoms with Crippen molar-refractivity contribution in [3.8, 4) is 0 Å². The van der Waals surface area contributed by atoms with Gasteiger partial charge >= 0.3 is 0 Å². The van der Waals surface area contributed by atoms with Crippen molar-refractivity contribution in [3.63, 3.8) is 0 Å². The van der Waals surface area contributed by atoms with E-state index >= 15 is 0 Å².